The minimum atomic E-state index is -4.66. The van der Waals surface area contributed by atoms with Crippen molar-refractivity contribution in [3.8, 4) is 5.75 Å². The van der Waals surface area contributed by atoms with Gasteiger partial charge in [-0.15, -0.1) is 24.9 Å². The molecule has 1 aromatic carbocycles. The Morgan fingerprint density at radius 2 is 1.77 bits per heavy atom. The molecule has 0 spiro atoms. The van der Waals surface area contributed by atoms with Crippen molar-refractivity contribution in [2.45, 2.75) is 44.9 Å². The lowest BCUT2D eigenvalue weighted by atomic mass is 10.3. The minimum Gasteiger partial charge on any atom is -0.406 e. The second-order valence-corrected chi connectivity index (χ2v) is 5.54. The molecule has 0 aromatic heterocycles. The van der Waals surface area contributed by atoms with Gasteiger partial charge >= 0.3 is 6.36 Å². The van der Waals surface area contributed by atoms with Gasteiger partial charge in [0.2, 0.25) is 0 Å². The number of ketones is 1. The van der Waals surface area contributed by atoms with E-state index in [1.54, 1.807) is 18.2 Å². The number of halogens is 3. The predicted octanol–water partition coefficient (Wildman–Crippen LogP) is 5.63. The maximum absolute atomic E-state index is 11.9. The van der Waals surface area contributed by atoms with E-state index >= 15 is 0 Å². The Morgan fingerprint density at radius 1 is 1.23 bits per heavy atom. The van der Waals surface area contributed by atoms with Crippen LogP contribution in [0.2, 0.25) is 0 Å². The van der Waals surface area contributed by atoms with E-state index in [4.69, 9.17) is 0 Å². The van der Waals surface area contributed by atoms with Gasteiger partial charge in [-0.3, -0.25) is 4.79 Å². The Hall–Kier alpha value is -1.43. The van der Waals surface area contributed by atoms with Crippen LogP contribution in [0.3, 0.4) is 0 Å². The molecule has 0 saturated carbocycles. The van der Waals surface area contributed by atoms with Gasteiger partial charge in [0.1, 0.15) is 5.75 Å². The summed E-state index contributed by atoms with van der Waals surface area (Å²) in [6.07, 6.45) is 0.592. The highest BCUT2D eigenvalue weighted by Gasteiger charge is 2.30. The molecule has 0 heterocycles. The summed E-state index contributed by atoms with van der Waals surface area (Å²) in [5.41, 5.74) is 0. The highest BCUT2D eigenvalue weighted by atomic mass is 32.2. The van der Waals surface area contributed by atoms with Gasteiger partial charge in [0.05, 0.1) is 0 Å². The second-order valence-electron chi connectivity index (χ2n) is 4.38. The van der Waals surface area contributed by atoms with Crippen LogP contribution in [0, 0.1) is 0 Å². The van der Waals surface area contributed by atoms with Crippen molar-refractivity contribution in [3.05, 3.63) is 36.4 Å². The molecule has 0 bridgehead atoms. The number of alkyl halides is 3. The molecule has 6 heteroatoms. The van der Waals surface area contributed by atoms with Crippen molar-refractivity contribution >= 4 is 17.5 Å². The van der Waals surface area contributed by atoms with Gasteiger partial charge in [-0.2, -0.15) is 0 Å². The fourth-order valence-corrected chi connectivity index (χ4v) is 2.05. The van der Waals surface area contributed by atoms with Gasteiger partial charge in [-0.25, -0.2) is 0 Å². The summed E-state index contributed by atoms with van der Waals surface area (Å²) in [4.78, 5) is 11.5. The topological polar surface area (TPSA) is 26.3 Å². The third-order valence-corrected chi connectivity index (χ3v) is 3.01. The fraction of sp³-hybridized carbons (Fsp3) is 0.438. The number of hydrogen-bond donors (Lipinski definition) is 0. The molecular formula is C16H21F3O2S. The molecule has 22 heavy (non-hydrogen) atoms. The summed E-state index contributed by atoms with van der Waals surface area (Å²) in [6.45, 7) is 5.73. The number of rotatable bonds is 6. The average molecular weight is 334 g/mol. The van der Waals surface area contributed by atoms with Gasteiger partial charge in [0.25, 0.3) is 0 Å². The van der Waals surface area contributed by atoms with Crippen molar-refractivity contribution in [2.75, 3.05) is 5.75 Å². The van der Waals surface area contributed by atoms with E-state index in [-0.39, 0.29) is 11.5 Å². The molecule has 0 aliphatic carbocycles. The Kier molecular flexibility index (Phi) is 10.5. The standard InChI is InChI=1S/C13H13F3O2S.C3H8/c1-10(17)4-2-3-9-19-12-7-5-11(6-8-12)18-13(14,15)16;1-3-2/h2,4-8H,3,9H2,1H3;3H2,1-2H3/b4-2+;. The van der Waals surface area contributed by atoms with Crippen molar-refractivity contribution in [3.63, 3.8) is 0 Å². The lowest BCUT2D eigenvalue weighted by molar-refractivity contribution is -0.274. The first-order valence-electron chi connectivity index (χ1n) is 6.94. The predicted molar refractivity (Wildman–Crippen MR) is 84.3 cm³/mol. The molecule has 1 aromatic rings. The zero-order chi connectivity index (χ0) is 17.0. The Labute approximate surface area is 133 Å². The summed E-state index contributed by atoms with van der Waals surface area (Å²) < 4.78 is 39.6. The van der Waals surface area contributed by atoms with Crippen molar-refractivity contribution in [2.24, 2.45) is 0 Å². The van der Waals surface area contributed by atoms with Gasteiger partial charge in [0.15, 0.2) is 5.78 Å². The smallest absolute Gasteiger partial charge is 0.406 e. The number of benzene rings is 1. The third kappa shape index (κ3) is 12.3. The molecule has 0 fully saturated rings. The minimum absolute atomic E-state index is 0.00125. The summed E-state index contributed by atoms with van der Waals surface area (Å²) in [5.74, 6) is 0.524. The van der Waals surface area contributed by atoms with Gasteiger partial charge in [0, 0.05) is 10.6 Å². The van der Waals surface area contributed by atoms with Crippen molar-refractivity contribution in [1.82, 2.24) is 0 Å². The maximum atomic E-state index is 11.9. The summed E-state index contributed by atoms with van der Waals surface area (Å²) in [5, 5.41) is 0. The molecular weight excluding hydrogens is 313 g/mol. The van der Waals surface area contributed by atoms with E-state index in [2.05, 4.69) is 18.6 Å². The highest BCUT2D eigenvalue weighted by Crippen LogP contribution is 2.26. The molecule has 0 radical (unpaired) electrons. The van der Waals surface area contributed by atoms with E-state index in [0.717, 1.165) is 17.1 Å². The normalized spacial score (nSPS) is 11.0. The van der Waals surface area contributed by atoms with Crippen LogP contribution in [-0.4, -0.2) is 17.9 Å². The van der Waals surface area contributed by atoms with Crippen LogP contribution in [0.25, 0.3) is 0 Å². The van der Waals surface area contributed by atoms with Crippen LogP contribution in [0.15, 0.2) is 41.3 Å². The molecule has 0 saturated heterocycles. The van der Waals surface area contributed by atoms with Crippen LogP contribution >= 0.6 is 11.8 Å². The maximum Gasteiger partial charge on any atom is 0.573 e. The van der Waals surface area contributed by atoms with Crippen LogP contribution in [0.5, 0.6) is 5.75 Å². The van der Waals surface area contributed by atoms with E-state index in [0.29, 0.717) is 0 Å². The summed E-state index contributed by atoms with van der Waals surface area (Å²) in [6, 6.07) is 5.70. The monoisotopic (exact) mass is 334 g/mol. The fourth-order valence-electron chi connectivity index (χ4n) is 1.23. The number of hydrogen-bond acceptors (Lipinski definition) is 3. The van der Waals surface area contributed by atoms with E-state index in [9.17, 15) is 18.0 Å². The average Bonchev–Trinajstić information content (AvgIpc) is 2.39. The van der Waals surface area contributed by atoms with Crippen LogP contribution in [-0.2, 0) is 4.79 Å². The Balaban J connectivity index is 0.00000135. The third-order valence-electron chi connectivity index (χ3n) is 1.96. The SMILES string of the molecule is CC(=O)/C=C/CCSc1ccc(OC(F)(F)F)cc1.CCC. The second kappa shape index (κ2) is 11.2. The molecule has 0 N–H and O–H groups in total. The zero-order valence-corrected chi connectivity index (χ0v) is 13.8. The number of allylic oxidation sites excluding steroid dienone is 2. The molecule has 124 valence electrons. The highest BCUT2D eigenvalue weighted by molar-refractivity contribution is 7.99. The first kappa shape index (κ1) is 20.6. The van der Waals surface area contributed by atoms with Crippen LogP contribution in [0.4, 0.5) is 13.2 Å². The number of carbonyl (C=O) groups excluding carboxylic acids is 1. The molecule has 2 nitrogen and oxygen atoms in total. The first-order valence-corrected chi connectivity index (χ1v) is 7.92. The van der Waals surface area contributed by atoms with E-state index < -0.39 is 6.36 Å². The quantitative estimate of drug-likeness (QED) is 0.383. The molecule has 0 amide bonds. The zero-order valence-electron chi connectivity index (χ0n) is 12.9. The number of carbonyl (C=O) groups is 1. The number of ether oxygens (including phenoxy) is 1. The van der Waals surface area contributed by atoms with E-state index in [1.165, 1.54) is 43.3 Å². The lowest BCUT2D eigenvalue weighted by Crippen LogP contribution is -2.16. The van der Waals surface area contributed by atoms with Gasteiger partial charge in [-0.1, -0.05) is 26.3 Å². The lowest BCUT2D eigenvalue weighted by Gasteiger charge is -2.08. The molecule has 0 aliphatic heterocycles. The van der Waals surface area contributed by atoms with E-state index in [1.807, 2.05) is 0 Å². The summed E-state index contributed by atoms with van der Waals surface area (Å²) in [7, 11) is 0. The van der Waals surface area contributed by atoms with Crippen LogP contribution < -0.4 is 4.74 Å². The Morgan fingerprint density at radius 3 is 2.23 bits per heavy atom. The Bertz CT molecular complexity index is 453. The van der Waals surface area contributed by atoms with Gasteiger partial charge in [-0.05, 0) is 43.7 Å². The van der Waals surface area contributed by atoms with Gasteiger partial charge < -0.3 is 4.74 Å². The van der Waals surface area contributed by atoms with Crippen molar-refractivity contribution < 1.29 is 22.7 Å². The molecule has 0 atom stereocenters. The molecule has 0 unspecified atom stereocenters. The van der Waals surface area contributed by atoms with Crippen molar-refractivity contribution in [1.29, 1.82) is 0 Å². The summed E-state index contributed by atoms with van der Waals surface area (Å²) >= 11 is 1.50. The molecule has 0 aliphatic rings. The number of thioether (sulfide) groups is 1. The van der Waals surface area contributed by atoms with Crippen LogP contribution in [0.1, 0.15) is 33.6 Å². The first-order chi connectivity index (χ1) is 10.3. The molecule has 1 rings (SSSR count). The largest absolute Gasteiger partial charge is 0.573 e.